The zero-order valence-corrected chi connectivity index (χ0v) is 13.3. The van der Waals surface area contributed by atoms with Gasteiger partial charge in [0.2, 0.25) is 0 Å². The first-order valence-electron chi connectivity index (χ1n) is 8.36. The number of para-hydroxylation sites is 2. The van der Waals surface area contributed by atoms with Crippen molar-refractivity contribution in [2.24, 2.45) is 0 Å². The van der Waals surface area contributed by atoms with Gasteiger partial charge in [0, 0.05) is 22.4 Å². The van der Waals surface area contributed by atoms with Gasteiger partial charge in [0.05, 0.1) is 22.1 Å². The van der Waals surface area contributed by atoms with Crippen LogP contribution in [0.4, 0.5) is 0 Å². The Morgan fingerprint density at radius 2 is 1.44 bits per heavy atom. The van der Waals surface area contributed by atoms with E-state index in [4.69, 9.17) is 4.98 Å². The van der Waals surface area contributed by atoms with Crippen LogP contribution in [0.25, 0.3) is 49.3 Å². The molecule has 0 saturated heterocycles. The summed E-state index contributed by atoms with van der Waals surface area (Å²) in [6, 6.07) is 25.3. The molecule has 25 heavy (non-hydrogen) atoms. The number of aromatic nitrogens is 3. The third-order valence-electron chi connectivity index (χ3n) is 4.96. The van der Waals surface area contributed by atoms with Crippen molar-refractivity contribution in [1.29, 1.82) is 0 Å². The highest BCUT2D eigenvalue weighted by atomic mass is 14.9. The summed E-state index contributed by atoms with van der Waals surface area (Å²) in [7, 11) is 0. The summed E-state index contributed by atoms with van der Waals surface area (Å²) in [6.07, 6.45) is 1.84. The number of benzene rings is 2. The number of hydrogen-bond donors (Lipinski definition) is 0. The molecule has 0 bridgehead atoms. The molecule has 116 valence electrons. The molecule has 0 fully saturated rings. The predicted octanol–water partition coefficient (Wildman–Crippen LogP) is 5.34. The lowest BCUT2D eigenvalue weighted by molar-refractivity contribution is 1.30. The molecule has 4 aromatic heterocycles. The summed E-state index contributed by atoms with van der Waals surface area (Å²) < 4.78 is 2.30. The minimum Gasteiger partial charge on any atom is -0.307 e. The molecule has 0 N–H and O–H groups in total. The van der Waals surface area contributed by atoms with E-state index in [9.17, 15) is 0 Å². The zero-order chi connectivity index (χ0) is 16.4. The van der Waals surface area contributed by atoms with Crippen molar-refractivity contribution in [3.63, 3.8) is 0 Å². The highest BCUT2D eigenvalue weighted by molar-refractivity contribution is 6.15. The van der Waals surface area contributed by atoms with Gasteiger partial charge in [0.1, 0.15) is 11.0 Å². The van der Waals surface area contributed by atoms with Crippen LogP contribution < -0.4 is 0 Å². The maximum absolute atomic E-state index is 4.95. The summed E-state index contributed by atoms with van der Waals surface area (Å²) in [5.74, 6) is 0. The van der Waals surface area contributed by atoms with Gasteiger partial charge >= 0.3 is 0 Å². The Morgan fingerprint density at radius 1 is 0.640 bits per heavy atom. The number of hydrogen-bond acceptors (Lipinski definition) is 2. The molecular formula is C22H13N3. The standard InChI is InChI=1S/C22H13N3/c1-3-8-17-14(6-1)12-16-20-13-15-7-2-4-9-18(15)25(20)19-10-5-11-23-22(19)21(16)24-17/h1-13H. The first kappa shape index (κ1) is 12.9. The maximum atomic E-state index is 4.95. The second kappa shape index (κ2) is 4.54. The van der Waals surface area contributed by atoms with Gasteiger partial charge in [-0.05, 0) is 36.4 Å². The Hall–Kier alpha value is -3.46. The predicted molar refractivity (Wildman–Crippen MR) is 103 cm³/mol. The first-order valence-corrected chi connectivity index (χ1v) is 8.36. The molecule has 0 atom stereocenters. The Kier molecular flexibility index (Phi) is 2.35. The maximum Gasteiger partial charge on any atom is 0.113 e. The summed E-state index contributed by atoms with van der Waals surface area (Å²) in [5, 5.41) is 3.52. The van der Waals surface area contributed by atoms with Gasteiger partial charge in [-0.1, -0.05) is 36.4 Å². The fourth-order valence-corrected chi connectivity index (χ4v) is 3.86. The SMILES string of the molecule is c1ccc2nc3c(cc2c1)c1cc2ccccc2n1c1cccnc31. The van der Waals surface area contributed by atoms with Crippen molar-refractivity contribution in [3.8, 4) is 0 Å². The van der Waals surface area contributed by atoms with Crippen LogP contribution in [0.15, 0.2) is 79.0 Å². The first-order chi connectivity index (χ1) is 12.4. The topological polar surface area (TPSA) is 30.2 Å². The lowest BCUT2D eigenvalue weighted by Crippen LogP contribution is -1.94. The molecule has 0 saturated carbocycles. The average Bonchev–Trinajstić information content (AvgIpc) is 3.07. The van der Waals surface area contributed by atoms with Crippen molar-refractivity contribution < 1.29 is 0 Å². The smallest absolute Gasteiger partial charge is 0.113 e. The average molecular weight is 319 g/mol. The zero-order valence-electron chi connectivity index (χ0n) is 13.3. The van der Waals surface area contributed by atoms with Crippen LogP contribution in [-0.4, -0.2) is 14.4 Å². The molecule has 0 radical (unpaired) electrons. The molecule has 3 nitrogen and oxygen atoms in total. The van der Waals surface area contributed by atoms with E-state index < -0.39 is 0 Å². The fraction of sp³-hybridized carbons (Fsp3) is 0. The number of rotatable bonds is 0. The second-order valence-corrected chi connectivity index (χ2v) is 6.37. The van der Waals surface area contributed by atoms with E-state index in [-0.39, 0.29) is 0 Å². The van der Waals surface area contributed by atoms with Gasteiger partial charge in [0.25, 0.3) is 0 Å². The summed E-state index contributed by atoms with van der Waals surface area (Å²) in [5.41, 5.74) is 6.37. The van der Waals surface area contributed by atoms with Crippen LogP contribution in [0.1, 0.15) is 0 Å². The van der Waals surface area contributed by atoms with E-state index in [1.54, 1.807) is 0 Å². The normalized spacial score (nSPS) is 12.0. The lowest BCUT2D eigenvalue weighted by atomic mass is 10.1. The minimum absolute atomic E-state index is 0.942. The van der Waals surface area contributed by atoms with Crippen molar-refractivity contribution in [3.05, 3.63) is 79.0 Å². The molecule has 0 aliphatic heterocycles. The van der Waals surface area contributed by atoms with Crippen LogP contribution in [0.3, 0.4) is 0 Å². The summed E-state index contributed by atoms with van der Waals surface area (Å²) >= 11 is 0. The Bertz CT molecular complexity index is 1440. The summed E-state index contributed by atoms with van der Waals surface area (Å²) in [6.45, 7) is 0. The molecule has 0 aliphatic rings. The van der Waals surface area contributed by atoms with Gasteiger partial charge < -0.3 is 4.40 Å². The second-order valence-electron chi connectivity index (χ2n) is 6.37. The monoisotopic (exact) mass is 319 g/mol. The largest absolute Gasteiger partial charge is 0.307 e. The van der Waals surface area contributed by atoms with Gasteiger partial charge in [-0.15, -0.1) is 0 Å². The van der Waals surface area contributed by atoms with Gasteiger partial charge in [-0.3, -0.25) is 4.98 Å². The van der Waals surface area contributed by atoms with Gasteiger partial charge in [-0.2, -0.15) is 0 Å². The van der Waals surface area contributed by atoms with Crippen molar-refractivity contribution in [1.82, 2.24) is 14.4 Å². The van der Waals surface area contributed by atoms with Crippen LogP contribution >= 0.6 is 0 Å². The minimum atomic E-state index is 0.942. The third kappa shape index (κ3) is 1.64. The Labute approximate surface area is 143 Å². The van der Waals surface area contributed by atoms with Crippen molar-refractivity contribution >= 4 is 49.3 Å². The van der Waals surface area contributed by atoms with Gasteiger partial charge in [0.15, 0.2) is 0 Å². The van der Waals surface area contributed by atoms with E-state index in [1.165, 1.54) is 16.4 Å². The molecular weight excluding hydrogens is 306 g/mol. The van der Waals surface area contributed by atoms with E-state index >= 15 is 0 Å². The van der Waals surface area contributed by atoms with Crippen LogP contribution in [-0.2, 0) is 0 Å². The molecule has 6 aromatic rings. The lowest BCUT2D eigenvalue weighted by Gasteiger charge is -2.09. The molecule has 6 rings (SSSR count). The van der Waals surface area contributed by atoms with Gasteiger partial charge in [-0.25, -0.2) is 4.98 Å². The van der Waals surface area contributed by atoms with E-state index in [2.05, 4.69) is 70.0 Å². The molecule has 0 spiro atoms. The number of nitrogens with zero attached hydrogens (tertiary/aromatic N) is 3. The van der Waals surface area contributed by atoms with Crippen LogP contribution in [0.5, 0.6) is 0 Å². The third-order valence-corrected chi connectivity index (χ3v) is 4.96. The van der Waals surface area contributed by atoms with Crippen molar-refractivity contribution in [2.45, 2.75) is 0 Å². The van der Waals surface area contributed by atoms with Crippen LogP contribution in [0.2, 0.25) is 0 Å². The molecule has 3 heteroatoms. The molecule has 0 amide bonds. The van der Waals surface area contributed by atoms with E-state index in [0.29, 0.717) is 0 Å². The molecule has 0 aliphatic carbocycles. The van der Waals surface area contributed by atoms with Crippen molar-refractivity contribution in [2.75, 3.05) is 0 Å². The summed E-state index contributed by atoms with van der Waals surface area (Å²) in [4.78, 5) is 9.62. The fourth-order valence-electron chi connectivity index (χ4n) is 3.86. The highest BCUT2D eigenvalue weighted by Crippen LogP contribution is 2.33. The van der Waals surface area contributed by atoms with E-state index in [1.807, 2.05) is 18.3 Å². The van der Waals surface area contributed by atoms with E-state index in [0.717, 1.165) is 32.8 Å². The number of fused-ring (bicyclic) bond motifs is 9. The highest BCUT2D eigenvalue weighted by Gasteiger charge is 2.14. The number of pyridine rings is 3. The van der Waals surface area contributed by atoms with Crippen LogP contribution in [0, 0.1) is 0 Å². The quantitative estimate of drug-likeness (QED) is 0.279. The Morgan fingerprint density at radius 3 is 2.40 bits per heavy atom. The Balaban J connectivity index is 2.01. The molecule has 2 aromatic carbocycles. The molecule has 4 heterocycles. The molecule has 0 unspecified atom stereocenters.